The van der Waals surface area contributed by atoms with Crippen molar-refractivity contribution >= 4 is 26.8 Å². The van der Waals surface area contributed by atoms with Gasteiger partial charge < -0.3 is 9.88 Å². The molecule has 3 heterocycles. The molecule has 0 radical (unpaired) electrons. The number of hydrogen-bond donors (Lipinski definition) is 1. The molecular weight excluding hydrogens is 410 g/mol. The first-order chi connectivity index (χ1) is 14.9. The van der Waals surface area contributed by atoms with Crippen molar-refractivity contribution in [2.24, 2.45) is 0 Å². The van der Waals surface area contributed by atoms with Crippen LogP contribution in [0.1, 0.15) is 40.3 Å². The zero-order valence-corrected chi connectivity index (χ0v) is 17.6. The molecule has 31 heavy (non-hydrogen) atoms. The van der Waals surface area contributed by atoms with Crippen LogP contribution < -0.4 is 5.32 Å². The number of para-hydroxylation sites is 2. The predicted molar refractivity (Wildman–Crippen MR) is 118 cm³/mol. The molecule has 2 aliphatic rings. The highest BCUT2D eigenvalue weighted by molar-refractivity contribution is 7.90. The third-order valence-corrected chi connectivity index (χ3v) is 7.42. The molecule has 7 heteroatoms. The summed E-state index contributed by atoms with van der Waals surface area (Å²) < 4.78 is 26.0. The number of nitrogens with one attached hydrogen (secondary N) is 1. The van der Waals surface area contributed by atoms with E-state index in [0.717, 1.165) is 40.0 Å². The van der Waals surface area contributed by atoms with Gasteiger partial charge in [0, 0.05) is 11.8 Å². The lowest BCUT2D eigenvalue weighted by Gasteiger charge is -2.21. The van der Waals surface area contributed by atoms with Crippen molar-refractivity contribution in [3.05, 3.63) is 83.7 Å². The van der Waals surface area contributed by atoms with Gasteiger partial charge >= 0.3 is 0 Å². The molecule has 2 aliphatic heterocycles. The Morgan fingerprint density at radius 2 is 1.71 bits per heavy atom. The van der Waals surface area contributed by atoms with Gasteiger partial charge in [-0.1, -0.05) is 36.4 Å². The van der Waals surface area contributed by atoms with E-state index >= 15 is 0 Å². The number of hydrogen-bond acceptors (Lipinski definition) is 4. The Balaban J connectivity index is 1.60. The fraction of sp³-hybridized carbons (Fsp3) is 0.167. The molecule has 0 saturated carbocycles. The number of benzene rings is 3. The van der Waals surface area contributed by atoms with E-state index in [1.54, 1.807) is 12.1 Å². The highest BCUT2D eigenvalue weighted by Crippen LogP contribution is 2.47. The second-order valence-corrected chi connectivity index (χ2v) is 10.2. The topological polar surface area (TPSA) is 81.1 Å². The van der Waals surface area contributed by atoms with E-state index in [4.69, 9.17) is 4.98 Å². The summed E-state index contributed by atoms with van der Waals surface area (Å²) in [6.07, 6.45) is 1.94. The lowest BCUT2D eigenvalue weighted by atomic mass is 9.90. The second kappa shape index (κ2) is 6.28. The minimum absolute atomic E-state index is 0.0351. The van der Waals surface area contributed by atoms with Gasteiger partial charge in [0.1, 0.15) is 5.82 Å². The fourth-order valence-electron chi connectivity index (χ4n) is 4.93. The van der Waals surface area contributed by atoms with Crippen LogP contribution in [-0.4, -0.2) is 30.1 Å². The zero-order valence-electron chi connectivity index (χ0n) is 16.7. The van der Waals surface area contributed by atoms with Gasteiger partial charge in [0.15, 0.2) is 9.84 Å². The Hall–Kier alpha value is -3.45. The summed E-state index contributed by atoms with van der Waals surface area (Å²) >= 11 is 0. The molecular formula is C24H19N3O3S. The Labute approximate surface area is 179 Å². The van der Waals surface area contributed by atoms with E-state index in [2.05, 4.69) is 16.0 Å². The normalized spacial score (nSPS) is 19.6. The van der Waals surface area contributed by atoms with Crippen LogP contribution in [0.2, 0.25) is 0 Å². The van der Waals surface area contributed by atoms with Crippen LogP contribution in [0.15, 0.2) is 71.6 Å². The first kappa shape index (κ1) is 18.3. The summed E-state index contributed by atoms with van der Waals surface area (Å²) in [4.78, 5) is 18.1. The molecule has 2 bridgehead atoms. The van der Waals surface area contributed by atoms with Crippen molar-refractivity contribution in [2.75, 3.05) is 6.26 Å². The van der Waals surface area contributed by atoms with Gasteiger partial charge in [0.05, 0.1) is 28.0 Å². The van der Waals surface area contributed by atoms with Crippen LogP contribution in [0, 0.1) is 0 Å². The molecule has 6 rings (SSSR count). The summed E-state index contributed by atoms with van der Waals surface area (Å²) in [5, 5.41) is 3.15. The average molecular weight is 430 g/mol. The molecule has 1 amide bonds. The van der Waals surface area contributed by atoms with Crippen molar-refractivity contribution < 1.29 is 13.2 Å². The lowest BCUT2D eigenvalue weighted by Crippen LogP contribution is -2.28. The molecule has 0 spiro atoms. The van der Waals surface area contributed by atoms with E-state index < -0.39 is 9.84 Å². The third kappa shape index (κ3) is 2.66. The molecule has 0 saturated heterocycles. The van der Waals surface area contributed by atoms with Crippen molar-refractivity contribution in [3.63, 3.8) is 0 Å². The Morgan fingerprint density at radius 3 is 2.48 bits per heavy atom. The molecule has 6 nitrogen and oxygen atoms in total. The smallest absolute Gasteiger partial charge is 0.252 e. The van der Waals surface area contributed by atoms with Gasteiger partial charge in [-0.2, -0.15) is 0 Å². The van der Waals surface area contributed by atoms with E-state index in [1.165, 1.54) is 6.26 Å². The standard InChI is InChI=1S/C24H19N3O3S/c1-31(29,30)15-11-9-14(10-12-15)16-5-4-6-17-22(16)21-13-19(26-24(17)28)23-25-18-7-2-3-8-20(18)27(21)23/h2-12,19,21H,13H2,1H3,(H,26,28). The number of sulfone groups is 1. The van der Waals surface area contributed by atoms with Crippen molar-refractivity contribution in [1.82, 2.24) is 14.9 Å². The van der Waals surface area contributed by atoms with Gasteiger partial charge in [-0.25, -0.2) is 13.4 Å². The molecule has 4 aromatic rings. The van der Waals surface area contributed by atoms with E-state index in [0.29, 0.717) is 5.56 Å². The van der Waals surface area contributed by atoms with Crippen LogP contribution in [0.25, 0.3) is 22.2 Å². The fourth-order valence-corrected chi connectivity index (χ4v) is 5.56. The monoisotopic (exact) mass is 429 g/mol. The summed E-state index contributed by atoms with van der Waals surface area (Å²) in [5.74, 6) is 0.780. The van der Waals surface area contributed by atoms with Crippen LogP contribution in [0.5, 0.6) is 0 Å². The van der Waals surface area contributed by atoms with Crippen LogP contribution in [0.3, 0.4) is 0 Å². The average Bonchev–Trinajstić information content (AvgIpc) is 3.25. The van der Waals surface area contributed by atoms with E-state index in [9.17, 15) is 13.2 Å². The first-order valence-electron chi connectivity index (χ1n) is 10.1. The molecule has 154 valence electrons. The van der Waals surface area contributed by atoms with Gasteiger partial charge in [0.25, 0.3) is 5.91 Å². The van der Waals surface area contributed by atoms with Crippen molar-refractivity contribution in [1.29, 1.82) is 0 Å². The lowest BCUT2D eigenvalue weighted by molar-refractivity contribution is 0.0938. The molecule has 1 aromatic heterocycles. The molecule has 1 N–H and O–H groups in total. The Bertz CT molecular complexity index is 1490. The summed E-state index contributed by atoms with van der Waals surface area (Å²) in [7, 11) is -3.28. The molecule has 2 atom stereocenters. The number of amides is 1. The first-order valence-corrected chi connectivity index (χ1v) is 12.0. The maximum atomic E-state index is 13.1. The molecule has 0 aliphatic carbocycles. The maximum absolute atomic E-state index is 13.1. The second-order valence-electron chi connectivity index (χ2n) is 8.17. The van der Waals surface area contributed by atoms with Crippen LogP contribution >= 0.6 is 0 Å². The molecule has 3 aromatic carbocycles. The summed E-state index contributed by atoms with van der Waals surface area (Å²) in [6, 6.07) is 20.5. The van der Waals surface area contributed by atoms with Crippen molar-refractivity contribution in [2.45, 2.75) is 23.4 Å². The summed E-state index contributed by atoms with van der Waals surface area (Å²) in [6.45, 7) is 0. The molecule has 2 unspecified atom stereocenters. The summed E-state index contributed by atoms with van der Waals surface area (Å²) in [5.41, 5.74) is 5.39. The van der Waals surface area contributed by atoms with Gasteiger partial charge in [0.2, 0.25) is 0 Å². The number of carbonyl (C=O) groups is 1. The van der Waals surface area contributed by atoms with E-state index in [-0.39, 0.29) is 22.9 Å². The Kier molecular flexibility index (Phi) is 3.71. The maximum Gasteiger partial charge on any atom is 0.252 e. The largest absolute Gasteiger partial charge is 0.342 e. The highest BCUT2D eigenvalue weighted by Gasteiger charge is 2.41. The van der Waals surface area contributed by atoms with Gasteiger partial charge in [-0.05, 0) is 53.4 Å². The zero-order chi connectivity index (χ0) is 21.3. The minimum atomic E-state index is -3.28. The number of imidazole rings is 1. The van der Waals surface area contributed by atoms with Crippen molar-refractivity contribution in [3.8, 4) is 11.1 Å². The van der Waals surface area contributed by atoms with E-state index in [1.807, 2.05) is 48.5 Å². The predicted octanol–water partition coefficient (Wildman–Crippen LogP) is 3.88. The molecule has 0 fully saturated rings. The minimum Gasteiger partial charge on any atom is -0.342 e. The third-order valence-electron chi connectivity index (χ3n) is 6.29. The van der Waals surface area contributed by atoms with Crippen LogP contribution in [0.4, 0.5) is 0 Å². The number of rotatable bonds is 2. The number of carbonyl (C=O) groups excluding carboxylic acids is 1. The number of aromatic nitrogens is 2. The Morgan fingerprint density at radius 1 is 0.968 bits per heavy atom. The van der Waals surface area contributed by atoms with Gasteiger partial charge in [-0.3, -0.25) is 4.79 Å². The highest BCUT2D eigenvalue weighted by atomic mass is 32.2. The SMILES string of the molecule is CS(=O)(=O)c1ccc(-c2cccc3c2C2CC(NC3=O)c3nc4ccccc4n32)cc1. The number of fused-ring (bicyclic) bond motifs is 9. The number of nitrogens with zero attached hydrogens (tertiary/aromatic N) is 2. The quantitative estimate of drug-likeness (QED) is 0.524. The van der Waals surface area contributed by atoms with Gasteiger partial charge in [-0.15, -0.1) is 0 Å². The van der Waals surface area contributed by atoms with Crippen LogP contribution in [-0.2, 0) is 9.84 Å².